The Labute approximate surface area is 106 Å². The van der Waals surface area contributed by atoms with Crippen molar-refractivity contribution < 1.29 is 9.00 Å². The summed E-state index contributed by atoms with van der Waals surface area (Å²) in [4.78, 5) is 13.7. The maximum Gasteiger partial charge on any atom is 0.235 e. The quantitative estimate of drug-likeness (QED) is 0.792. The molecule has 1 amide bonds. The fourth-order valence-corrected chi connectivity index (χ4v) is 4.00. The van der Waals surface area contributed by atoms with E-state index in [-0.39, 0.29) is 11.7 Å². The van der Waals surface area contributed by atoms with Crippen molar-refractivity contribution in [3.05, 3.63) is 0 Å². The summed E-state index contributed by atoms with van der Waals surface area (Å²) >= 11 is 0. The van der Waals surface area contributed by atoms with Gasteiger partial charge in [0.1, 0.15) is 5.75 Å². The molecule has 0 aliphatic carbocycles. The second kappa shape index (κ2) is 6.50. The molecule has 0 bridgehead atoms. The van der Waals surface area contributed by atoms with Crippen LogP contribution in [0, 0.1) is 5.92 Å². The summed E-state index contributed by atoms with van der Waals surface area (Å²) in [6.45, 7) is 3.79. The zero-order valence-corrected chi connectivity index (χ0v) is 11.1. The van der Waals surface area contributed by atoms with Gasteiger partial charge in [0.2, 0.25) is 5.91 Å². The molecule has 0 saturated carbocycles. The van der Waals surface area contributed by atoms with Crippen molar-refractivity contribution in [2.75, 3.05) is 37.7 Å². The summed E-state index contributed by atoms with van der Waals surface area (Å²) in [5.41, 5.74) is 0. The third-order valence-electron chi connectivity index (χ3n) is 3.62. The van der Waals surface area contributed by atoms with Gasteiger partial charge in [-0.3, -0.25) is 9.00 Å². The first-order valence-electron chi connectivity index (χ1n) is 6.59. The van der Waals surface area contributed by atoms with Crippen molar-refractivity contribution in [2.45, 2.75) is 25.7 Å². The lowest BCUT2D eigenvalue weighted by Crippen LogP contribution is -2.34. The highest BCUT2D eigenvalue weighted by atomic mass is 32.2. The van der Waals surface area contributed by atoms with Crippen LogP contribution in [0.1, 0.15) is 25.7 Å². The predicted octanol–water partition coefficient (Wildman–Crippen LogP) is 0.357. The lowest BCUT2D eigenvalue weighted by molar-refractivity contribution is -0.127. The van der Waals surface area contributed by atoms with Crippen LogP contribution in [0.4, 0.5) is 0 Å². The molecule has 0 spiro atoms. The van der Waals surface area contributed by atoms with Crippen LogP contribution in [-0.2, 0) is 15.6 Å². The SMILES string of the molecule is O=C(CS(=O)CC1CCNCC1)N1CCCC1. The molecule has 2 fully saturated rings. The first kappa shape index (κ1) is 13.0. The van der Waals surface area contributed by atoms with Gasteiger partial charge >= 0.3 is 0 Å². The summed E-state index contributed by atoms with van der Waals surface area (Å²) in [6.07, 6.45) is 4.41. The summed E-state index contributed by atoms with van der Waals surface area (Å²) in [5, 5.41) is 3.30. The molecule has 2 rings (SSSR count). The van der Waals surface area contributed by atoms with Crippen molar-refractivity contribution in [1.29, 1.82) is 0 Å². The minimum absolute atomic E-state index is 0.0924. The van der Waals surface area contributed by atoms with Gasteiger partial charge in [-0.1, -0.05) is 0 Å². The molecule has 17 heavy (non-hydrogen) atoms. The number of hydrogen-bond donors (Lipinski definition) is 1. The molecule has 2 aliphatic rings. The van der Waals surface area contributed by atoms with E-state index in [1.807, 2.05) is 4.90 Å². The Bertz CT molecular complexity index is 284. The van der Waals surface area contributed by atoms with Gasteiger partial charge in [0.15, 0.2) is 0 Å². The topological polar surface area (TPSA) is 49.4 Å². The highest BCUT2D eigenvalue weighted by Gasteiger charge is 2.22. The highest BCUT2D eigenvalue weighted by molar-refractivity contribution is 7.85. The highest BCUT2D eigenvalue weighted by Crippen LogP contribution is 2.14. The summed E-state index contributed by atoms with van der Waals surface area (Å²) < 4.78 is 11.9. The number of nitrogens with zero attached hydrogens (tertiary/aromatic N) is 1. The molecule has 2 aliphatic heterocycles. The number of carbonyl (C=O) groups excluding carboxylic acids is 1. The van der Waals surface area contributed by atoms with Gasteiger partial charge in [-0.05, 0) is 44.7 Å². The summed E-state index contributed by atoms with van der Waals surface area (Å²) in [7, 11) is -0.963. The number of rotatable bonds is 4. The molecule has 0 aromatic heterocycles. The zero-order valence-electron chi connectivity index (χ0n) is 10.3. The van der Waals surface area contributed by atoms with Crippen molar-refractivity contribution in [3.63, 3.8) is 0 Å². The van der Waals surface area contributed by atoms with Gasteiger partial charge in [-0.25, -0.2) is 0 Å². The molecule has 2 saturated heterocycles. The Kier molecular flexibility index (Phi) is 4.98. The molecular weight excluding hydrogens is 236 g/mol. The van der Waals surface area contributed by atoms with E-state index in [0.717, 1.165) is 51.9 Å². The average molecular weight is 258 g/mol. The van der Waals surface area contributed by atoms with Gasteiger partial charge in [-0.2, -0.15) is 0 Å². The molecule has 98 valence electrons. The molecule has 1 unspecified atom stereocenters. The first-order valence-corrected chi connectivity index (χ1v) is 8.08. The van der Waals surface area contributed by atoms with E-state index in [9.17, 15) is 9.00 Å². The minimum atomic E-state index is -0.963. The molecule has 0 aromatic rings. The maximum atomic E-state index is 11.9. The molecule has 0 aromatic carbocycles. The smallest absolute Gasteiger partial charge is 0.235 e. The normalized spacial score (nSPS) is 23.9. The van der Waals surface area contributed by atoms with E-state index in [1.54, 1.807) is 0 Å². The lowest BCUT2D eigenvalue weighted by Gasteiger charge is -2.22. The van der Waals surface area contributed by atoms with E-state index in [2.05, 4.69) is 5.32 Å². The average Bonchev–Trinajstić information content (AvgIpc) is 2.83. The molecule has 0 radical (unpaired) electrons. The number of carbonyl (C=O) groups is 1. The van der Waals surface area contributed by atoms with E-state index < -0.39 is 10.8 Å². The fraction of sp³-hybridized carbons (Fsp3) is 0.917. The van der Waals surface area contributed by atoms with Gasteiger partial charge in [0.25, 0.3) is 0 Å². The van der Waals surface area contributed by atoms with E-state index in [4.69, 9.17) is 0 Å². The number of likely N-dealkylation sites (tertiary alicyclic amines) is 1. The van der Waals surface area contributed by atoms with E-state index >= 15 is 0 Å². The largest absolute Gasteiger partial charge is 0.342 e. The van der Waals surface area contributed by atoms with Crippen LogP contribution >= 0.6 is 0 Å². The van der Waals surface area contributed by atoms with Crippen molar-refractivity contribution in [1.82, 2.24) is 10.2 Å². The van der Waals surface area contributed by atoms with Crippen molar-refractivity contribution >= 4 is 16.7 Å². The number of amides is 1. The van der Waals surface area contributed by atoms with Crippen LogP contribution in [0.15, 0.2) is 0 Å². The van der Waals surface area contributed by atoms with E-state index in [1.165, 1.54) is 0 Å². The number of hydrogen-bond acceptors (Lipinski definition) is 3. The third-order valence-corrected chi connectivity index (χ3v) is 5.04. The van der Waals surface area contributed by atoms with Gasteiger partial charge in [-0.15, -0.1) is 0 Å². The number of piperidine rings is 1. The van der Waals surface area contributed by atoms with Crippen LogP contribution in [0.2, 0.25) is 0 Å². The molecule has 1 atom stereocenters. The zero-order chi connectivity index (χ0) is 12.1. The van der Waals surface area contributed by atoms with Crippen LogP contribution < -0.4 is 5.32 Å². The number of nitrogens with one attached hydrogen (secondary N) is 1. The van der Waals surface area contributed by atoms with Gasteiger partial charge in [0.05, 0.1) is 0 Å². The van der Waals surface area contributed by atoms with Crippen LogP contribution in [0.5, 0.6) is 0 Å². The summed E-state index contributed by atoms with van der Waals surface area (Å²) in [6, 6.07) is 0. The fourth-order valence-electron chi connectivity index (χ4n) is 2.57. The second-order valence-corrected chi connectivity index (χ2v) is 6.53. The van der Waals surface area contributed by atoms with E-state index in [0.29, 0.717) is 11.7 Å². The van der Waals surface area contributed by atoms with Crippen LogP contribution in [0.3, 0.4) is 0 Å². The third kappa shape index (κ3) is 4.07. The van der Waals surface area contributed by atoms with Gasteiger partial charge in [0, 0.05) is 29.6 Å². The monoisotopic (exact) mass is 258 g/mol. The van der Waals surface area contributed by atoms with Gasteiger partial charge < -0.3 is 10.2 Å². The lowest BCUT2D eigenvalue weighted by atomic mass is 10.0. The maximum absolute atomic E-state index is 11.9. The predicted molar refractivity (Wildman–Crippen MR) is 69.3 cm³/mol. The molecule has 5 heteroatoms. The Morgan fingerprint density at radius 1 is 1.24 bits per heavy atom. The Morgan fingerprint density at radius 2 is 1.88 bits per heavy atom. The second-order valence-electron chi connectivity index (χ2n) is 5.03. The minimum Gasteiger partial charge on any atom is -0.342 e. The Morgan fingerprint density at radius 3 is 2.53 bits per heavy atom. The Hall–Kier alpha value is -0.420. The first-order chi connectivity index (χ1) is 8.25. The van der Waals surface area contributed by atoms with Crippen molar-refractivity contribution in [3.8, 4) is 0 Å². The molecular formula is C12H22N2O2S. The molecule has 1 N–H and O–H groups in total. The van der Waals surface area contributed by atoms with Crippen LogP contribution in [0.25, 0.3) is 0 Å². The van der Waals surface area contributed by atoms with Crippen LogP contribution in [-0.4, -0.2) is 52.7 Å². The molecule has 4 nitrogen and oxygen atoms in total. The standard InChI is InChI=1S/C12H22N2O2S/c15-12(14-7-1-2-8-14)10-17(16)9-11-3-5-13-6-4-11/h11,13H,1-10H2. The summed E-state index contributed by atoms with van der Waals surface area (Å²) in [5.74, 6) is 1.59. The molecule has 2 heterocycles. The Balaban J connectivity index is 1.70. The van der Waals surface area contributed by atoms with Crippen molar-refractivity contribution in [2.24, 2.45) is 5.92 Å².